The van der Waals surface area contributed by atoms with Crippen LogP contribution < -0.4 is 5.32 Å². The van der Waals surface area contributed by atoms with Crippen molar-refractivity contribution in [3.05, 3.63) is 47.9 Å². The van der Waals surface area contributed by atoms with Gasteiger partial charge in [0.2, 0.25) is 0 Å². The van der Waals surface area contributed by atoms with E-state index in [0.29, 0.717) is 0 Å². The van der Waals surface area contributed by atoms with Gasteiger partial charge in [-0.05, 0) is 18.2 Å². The molecular formula is C8H8N+. The van der Waals surface area contributed by atoms with E-state index in [9.17, 15) is 0 Å². The lowest BCUT2D eigenvalue weighted by Gasteiger charge is -2.00. The summed E-state index contributed by atoms with van der Waals surface area (Å²) >= 11 is 0. The maximum atomic E-state index is 2.12. The van der Waals surface area contributed by atoms with Crippen molar-refractivity contribution in [2.24, 2.45) is 0 Å². The molecule has 1 aliphatic heterocycles. The van der Waals surface area contributed by atoms with E-state index in [1.165, 1.54) is 11.3 Å². The van der Waals surface area contributed by atoms with Gasteiger partial charge in [-0.25, -0.2) is 0 Å². The number of hydrogen-bond acceptors (Lipinski definition) is 0. The molecule has 44 valence electrons. The summed E-state index contributed by atoms with van der Waals surface area (Å²) in [4.78, 5) is 0. The van der Waals surface area contributed by atoms with Crippen molar-refractivity contribution in [1.29, 1.82) is 0 Å². The average molecular weight is 118 g/mol. The molecule has 2 N–H and O–H groups in total. The summed E-state index contributed by atoms with van der Waals surface area (Å²) in [6.45, 7) is 0. The first-order chi connectivity index (χ1) is 4.47. The standard InChI is InChI=1S/C8H7N/c1-3-7-4-2-6-9-8(7)5-1/h1-6,9H/p+1. The highest BCUT2D eigenvalue weighted by Crippen LogP contribution is 2.13. The summed E-state index contributed by atoms with van der Waals surface area (Å²) in [6.07, 6.45) is 12.6. The van der Waals surface area contributed by atoms with Crippen LogP contribution in [0.3, 0.4) is 0 Å². The number of allylic oxidation sites excluding steroid dienone is 5. The number of quaternary nitrogens is 1. The zero-order chi connectivity index (χ0) is 6.10. The quantitative estimate of drug-likeness (QED) is 0.476. The van der Waals surface area contributed by atoms with E-state index in [2.05, 4.69) is 41.9 Å². The van der Waals surface area contributed by atoms with Gasteiger partial charge >= 0.3 is 0 Å². The van der Waals surface area contributed by atoms with Crippen molar-refractivity contribution in [3.63, 3.8) is 0 Å². The summed E-state index contributed by atoms with van der Waals surface area (Å²) < 4.78 is 0. The van der Waals surface area contributed by atoms with Crippen LogP contribution in [0.4, 0.5) is 0 Å². The van der Waals surface area contributed by atoms with Crippen LogP contribution in [0.1, 0.15) is 0 Å². The molecule has 0 atom stereocenters. The Morgan fingerprint density at radius 1 is 1.11 bits per heavy atom. The molecule has 0 aromatic carbocycles. The van der Waals surface area contributed by atoms with E-state index in [1.54, 1.807) is 0 Å². The van der Waals surface area contributed by atoms with Gasteiger partial charge < -0.3 is 0 Å². The molecule has 0 saturated carbocycles. The minimum atomic E-state index is 1.33. The third-order valence-electron chi connectivity index (χ3n) is 1.55. The van der Waals surface area contributed by atoms with Gasteiger partial charge in [0.05, 0.1) is 6.20 Å². The van der Waals surface area contributed by atoms with Gasteiger partial charge in [-0.2, -0.15) is 0 Å². The van der Waals surface area contributed by atoms with Gasteiger partial charge in [0.1, 0.15) is 5.70 Å². The van der Waals surface area contributed by atoms with Gasteiger partial charge in [-0.3, -0.25) is 5.32 Å². The summed E-state index contributed by atoms with van der Waals surface area (Å²) in [5.41, 5.74) is 2.66. The zero-order valence-corrected chi connectivity index (χ0v) is 5.04. The number of nitrogens with two attached hydrogens (primary N) is 1. The first-order valence-electron chi connectivity index (χ1n) is 3.07. The van der Waals surface area contributed by atoms with Crippen molar-refractivity contribution in [2.75, 3.05) is 0 Å². The molecule has 1 heterocycles. The normalized spacial score (nSPS) is 21.3. The molecule has 1 aliphatic carbocycles. The van der Waals surface area contributed by atoms with E-state index in [0.717, 1.165) is 0 Å². The van der Waals surface area contributed by atoms with E-state index in [4.69, 9.17) is 0 Å². The van der Waals surface area contributed by atoms with Gasteiger partial charge in [0, 0.05) is 11.6 Å². The number of rotatable bonds is 0. The van der Waals surface area contributed by atoms with Gasteiger partial charge in [-0.1, -0.05) is 6.08 Å². The Bertz CT molecular complexity index is 241. The Labute approximate surface area is 54.1 Å². The predicted molar refractivity (Wildman–Crippen MR) is 36.4 cm³/mol. The fourth-order valence-electron chi connectivity index (χ4n) is 1.07. The van der Waals surface area contributed by atoms with Crippen LogP contribution in [0.25, 0.3) is 0 Å². The van der Waals surface area contributed by atoms with Crippen molar-refractivity contribution in [3.8, 4) is 0 Å². The Balaban J connectivity index is 2.46. The molecule has 0 amide bonds. The minimum Gasteiger partial charge on any atom is -0.287 e. The van der Waals surface area contributed by atoms with Crippen LogP contribution in [0.5, 0.6) is 0 Å². The molecule has 1 nitrogen and oxygen atoms in total. The summed E-state index contributed by atoms with van der Waals surface area (Å²) in [7, 11) is 0. The zero-order valence-electron chi connectivity index (χ0n) is 5.04. The lowest BCUT2D eigenvalue weighted by Crippen LogP contribution is -2.76. The second-order valence-corrected chi connectivity index (χ2v) is 2.15. The third-order valence-corrected chi connectivity index (χ3v) is 1.55. The second kappa shape index (κ2) is 1.71. The number of hydrogen-bond donors (Lipinski definition) is 1. The average Bonchev–Trinajstić information content (AvgIpc) is 2.33. The monoisotopic (exact) mass is 118 g/mol. The van der Waals surface area contributed by atoms with Crippen molar-refractivity contribution in [2.45, 2.75) is 0 Å². The number of fused-ring (bicyclic) bond motifs is 1. The highest BCUT2D eigenvalue weighted by Gasteiger charge is 2.09. The Hall–Kier alpha value is -1.08. The van der Waals surface area contributed by atoms with Crippen molar-refractivity contribution in [1.82, 2.24) is 0 Å². The second-order valence-electron chi connectivity index (χ2n) is 2.15. The Morgan fingerprint density at radius 2 is 2.11 bits per heavy atom. The van der Waals surface area contributed by atoms with Crippen LogP contribution in [-0.2, 0) is 0 Å². The highest BCUT2D eigenvalue weighted by atomic mass is 14.9. The lowest BCUT2D eigenvalue weighted by molar-refractivity contribution is -0.531. The van der Waals surface area contributed by atoms with Gasteiger partial charge in [0.25, 0.3) is 0 Å². The molecule has 0 bridgehead atoms. The summed E-state index contributed by atoms with van der Waals surface area (Å²) in [6, 6.07) is 0. The molecule has 2 rings (SSSR count). The largest absolute Gasteiger partial charge is 0.287 e. The molecule has 9 heavy (non-hydrogen) atoms. The first-order valence-corrected chi connectivity index (χ1v) is 3.07. The van der Waals surface area contributed by atoms with E-state index < -0.39 is 0 Å². The first kappa shape index (κ1) is 4.77. The smallest absolute Gasteiger partial charge is 0.141 e. The molecule has 0 spiro atoms. The highest BCUT2D eigenvalue weighted by molar-refractivity contribution is 5.46. The van der Waals surface area contributed by atoms with E-state index >= 15 is 0 Å². The molecular weight excluding hydrogens is 110 g/mol. The predicted octanol–water partition coefficient (Wildman–Crippen LogP) is 0.457. The summed E-state index contributed by atoms with van der Waals surface area (Å²) in [5, 5.41) is 2.12. The van der Waals surface area contributed by atoms with Crippen LogP contribution >= 0.6 is 0 Å². The van der Waals surface area contributed by atoms with Crippen LogP contribution in [0.15, 0.2) is 47.9 Å². The topological polar surface area (TPSA) is 16.6 Å². The third kappa shape index (κ3) is 0.661. The maximum Gasteiger partial charge on any atom is 0.141 e. The fourth-order valence-corrected chi connectivity index (χ4v) is 1.07. The molecule has 0 fully saturated rings. The molecule has 0 saturated heterocycles. The Kier molecular flexibility index (Phi) is 0.904. The molecule has 0 aromatic heterocycles. The molecule has 2 aliphatic rings. The van der Waals surface area contributed by atoms with E-state index in [-0.39, 0.29) is 0 Å². The molecule has 1 heteroatoms. The van der Waals surface area contributed by atoms with Gasteiger partial charge in [-0.15, -0.1) is 0 Å². The maximum absolute atomic E-state index is 2.12. The molecule has 0 radical (unpaired) electrons. The van der Waals surface area contributed by atoms with Crippen LogP contribution in [0, 0.1) is 0 Å². The van der Waals surface area contributed by atoms with Gasteiger partial charge in [0.15, 0.2) is 0 Å². The lowest BCUT2D eigenvalue weighted by atomic mass is 10.2. The minimum absolute atomic E-state index is 1.33. The molecule has 0 unspecified atom stereocenters. The van der Waals surface area contributed by atoms with Crippen LogP contribution in [0.2, 0.25) is 0 Å². The summed E-state index contributed by atoms with van der Waals surface area (Å²) in [5.74, 6) is 0. The SMILES string of the molecule is C1=C[NH2+]C2=CC=CC2=C1. The van der Waals surface area contributed by atoms with E-state index in [1.807, 2.05) is 0 Å². The van der Waals surface area contributed by atoms with Crippen molar-refractivity contribution < 1.29 is 5.32 Å². The Morgan fingerprint density at radius 3 is 3.00 bits per heavy atom. The molecule has 0 aromatic rings. The van der Waals surface area contributed by atoms with Crippen LogP contribution in [-0.4, -0.2) is 0 Å². The van der Waals surface area contributed by atoms with Crippen molar-refractivity contribution >= 4 is 0 Å². The fraction of sp³-hybridized carbons (Fsp3) is 0.